The zero-order chi connectivity index (χ0) is 16.4. The first-order valence-electron chi connectivity index (χ1n) is 8.03. The fourth-order valence-electron chi connectivity index (χ4n) is 2.74. The molecule has 0 saturated carbocycles. The maximum absolute atomic E-state index is 12.8. The normalized spacial score (nSPS) is 12.8. The molecule has 1 unspecified atom stereocenters. The van der Waals surface area contributed by atoms with Gasteiger partial charge in [0.25, 0.3) is 5.56 Å². The predicted molar refractivity (Wildman–Crippen MR) is 92.0 cm³/mol. The molecular weight excluding hydrogens is 310 g/mol. The molecule has 1 atom stereocenters. The first-order valence-corrected chi connectivity index (χ1v) is 8.84. The highest BCUT2D eigenvalue weighted by Crippen LogP contribution is 2.23. The molecule has 0 amide bonds. The fourth-order valence-corrected chi connectivity index (χ4v) is 3.82. The van der Waals surface area contributed by atoms with Gasteiger partial charge in [0.2, 0.25) is 0 Å². The molecule has 3 heterocycles. The van der Waals surface area contributed by atoms with E-state index in [1.807, 2.05) is 17.7 Å². The van der Waals surface area contributed by atoms with Gasteiger partial charge >= 0.3 is 0 Å². The molecule has 0 aliphatic rings. The highest BCUT2D eigenvalue weighted by Gasteiger charge is 2.18. The van der Waals surface area contributed by atoms with Crippen LogP contribution < -0.4 is 5.56 Å². The maximum Gasteiger partial charge on any atom is 0.262 e. The van der Waals surface area contributed by atoms with Gasteiger partial charge in [-0.3, -0.25) is 9.36 Å². The highest BCUT2D eigenvalue weighted by molar-refractivity contribution is 7.18. The standard InChI is InChI=1S/C16H21N5OS/c1-4-6-12-8-13-15(23-12)18-10-20(16(13)22)11(3)14-17-9-19-21(14)7-5-2/h8-11H,4-7H2,1-3H3. The van der Waals surface area contributed by atoms with E-state index in [9.17, 15) is 4.79 Å². The van der Waals surface area contributed by atoms with Crippen LogP contribution in [-0.2, 0) is 13.0 Å². The van der Waals surface area contributed by atoms with E-state index in [1.54, 1.807) is 28.6 Å². The third-order valence-corrected chi connectivity index (χ3v) is 5.00. The third-order valence-electron chi connectivity index (χ3n) is 3.90. The monoisotopic (exact) mass is 331 g/mol. The smallest absolute Gasteiger partial charge is 0.262 e. The van der Waals surface area contributed by atoms with Crippen LogP contribution in [0.15, 0.2) is 23.5 Å². The number of hydrogen-bond acceptors (Lipinski definition) is 5. The van der Waals surface area contributed by atoms with Gasteiger partial charge in [0.15, 0.2) is 0 Å². The van der Waals surface area contributed by atoms with Crippen LogP contribution in [0.4, 0.5) is 0 Å². The molecule has 0 aromatic carbocycles. The number of thiophene rings is 1. The molecule has 0 saturated heterocycles. The van der Waals surface area contributed by atoms with Crippen LogP contribution in [-0.4, -0.2) is 24.3 Å². The molecule has 3 aromatic rings. The maximum atomic E-state index is 12.8. The zero-order valence-corrected chi connectivity index (χ0v) is 14.5. The van der Waals surface area contributed by atoms with Gasteiger partial charge < -0.3 is 0 Å². The van der Waals surface area contributed by atoms with Crippen LogP contribution in [0.25, 0.3) is 10.2 Å². The van der Waals surface area contributed by atoms with Crippen LogP contribution in [0, 0.1) is 0 Å². The van der Waals surface area contributed by atoms with Crippen molar-refractivity contribution in [1.82, 2.24) is 24.3 Å². The van der Waals surface area contributed by atoms with Crippen molar-refractivity contribution >= 4 is 21.6 Å². The van der Waals surface area contributed by atoms with E-state index < -0.39 is 0 Å². The summed E-state index contributed by atoms with van der Waals surface area (Å²) in [4.78, 5) is 23.7. The second-order valence-corrected chi connectivity index (χ2v) is 6.77. The summed E-state index contributed by atoms with van der Waals surface area (Å²) in [5.74, 6) is 0.791. The molecule has 3 aromatic heterocycles. The summed E-state index contributed by atoms with van der Waals surface area (Å²) in [6.07, 6.45) is 6.20. The Hall–Kier alpha value is -2.02. The first kappa shape index (κ1) is 15.9. The third kappa shape index (κ3) is 2.93. The second-order valence-electron chi connectivity index (χ2n) is 5.66. The Morgan fingerprint density at radius 2 is 2.09 bits per heavy atom. The van der Waals surface area contributed by atoms with Crippen LogP contribution in [0.3, 0.4) is 0 Å². The minimum atomic E-state index is -0.192. The van der Waals surface area contributed by atoms with Gasteiger partial charge in [-0.15, -0.1) is 11.3 Å². The van der Waals surface area contributed by atoms with Gasteiger partial charge in [0.05, 0.1) is 17.8 Å². The largest absolute Gasteiger partial charge is 0.288 e. The van der Waals surface area contributed by atoms with Crippen molar-refractivity contribution in [3.05, 3.63) is 39.8 Å². The van der Waals surface area contributed by atoms with E-state index >= 15 is 0 Å². The Labute approximate surface area is 138 Å². The summed E-state index contributed by atoms with van der Waals surface area (Å²) in [5, 5.41) is 4.95. The summed E-state index contributed by atoms with van der Waals surface area (Å²) >= 11 is 1.61. The summed E-state index contributed by atoms with van der Waals surface area (Å²) in [7, 11) is 0. The van der Waals surface area contributed by atoms with Crippen LogP contribution in [0.2, 0.25) is 0 Å². The quantitative estimate of drug-likeness (QED) is 0.696. The Balaban J connectivity index is 2.03. The van der Waals surface area contributed by atoms with E-state index in [0.717, 1.165) is 36.5 Å². The molecule has 3 rings (SSSR count). The van der Waals surface area contributed by atoms with Gasteiger partial charge in [0.1, 0.15) is 17.0 Å². The van der Waals surface area contributed by atoms with Crippen molar-refractivity contribution < 1.29 is 0 Å². The average Bonchev–Trinajstić information content (AvgIpc) is 3.15. The lowest BCUT2D eigenvalue weighted by molar-refractivity contribution is 0.497. The molecule has 0 spiro atoms. The Morgan fingerprint density at radius 1 is 1.26 bits per heavy atom. The number of hydrogen-bond donors (Lipinski definition) is 0. The Bertz CT molecular complexity index is 863. The van der Waals surface area contributed by atoms with Crippen molar-refractivity contribution in [2.75, 3.05) is 0 Å². The Kier molecular flexibility index (Phi) is 4.56. The number of aryl methyl sites for hydroxylation is 2. The summed E-state index contributed by atoms with van der Waals surface area (Å²) in [6.45, 7) is 6.99. The molecule has 0 radical (unpaired) electrons. The molecule has 0 aliphatic heterocycles. The summed E-state index contributed by atoms with van der Waals surface area (Å²) in [6, 6.07) is 1.79. The van der Waals surface area contributed by atoms with E-state index in [-0.39, 0.29) is 11.6 Å². The van der Waals surface area contributed by atoms with Crippen LogP contribution in [0.1, 0.15) is 50.4 Å². The summed E-state index contributed by atoms with van der Waals surface area (Å²) in [5.41, 5.74) is -0.00727. The minimum Gasteiger partial charge on any atom is -0.288 e. The van der Waals surface area contributed by atoms with Crippen molar-refractivity contribution in [3.63, 3.8) is 0 Å². The number of fused-ring (bicyclic) bond motifs is 1. The molecular formula is C16H21N5OS. The van der Waals surface area contributed by atoms with E-state index in [1.165, 1.54) is 4.88 Å². The average molecular weight is 331 g/mol. The molecule has 0 bridgehead atoms. The zero-order valence-electron chi connectivity index (χ0n) is 13.7. The van der Waals surface area contributed by atoms with Crippen molar-refractivity contribution in [3.8, 4) is 0 Å². The lowest BCUT2D eigenvalue weighted by Gasteiger charge is -2.14. The van der Waals surface area contributed by atoms with Gasteiger partial charge in [-0.1, -0.05) is 20.3 Å². The van der Waals surface area contributed by atoms with Crippen molar-refractivity contribution in [2.24, 2.45) is 0 Å². The molecule has 0 aliphatic carbocycles. The SMILES string of the molecule is CCCc1cc2c(=O)n(C(C)c3ncnn3CCC)cnc2s1. The lowest BCUT2D eigenvalue weighted by Crippen LogP contribution is -2.26. The van der Waals surface area contributed by atoms with Crippen molar-refractivity contribution in [1.29, 1.82) is 0 Å². The number of aromatic nitrogens is 5. The van der Waals surface area contributed by atoms with Gasteiger partial charge in [-0.25, -0.2) is 14.6 Å². The topological polar surface area (TPSA) is 65.6 Å². The van der Waals surface area contributed by atoms with Gasteiger partial charge in [0, 0.05) is 11.4 Å². The second kappa shape index (κ2) is 6.62. The minimum absolute atomic E-state index is 0.00727. The van der Waals surface area contributed by atoms with Crippen LogP contribution in [0.5, 0.6) is 0 Å². The molecule has 0 N–H and O–H groups in total. The van der Waals surface area contributed by atoms with Gasteiger partial charge in [-0.05, 0) is 25.8 Å². The molecule has 122 valence electrons. The molecule has 0 fully saturated rings. The predicted octanol–water partition coefficient (Wildman–Crippen LogP) is 3.02. The van der Waals surface area contributed by atoms with E-state index in [2.05, 4.69) is 28.9 Å². The van der Waals surface area contributed by atoms with Gasteiger partial charge in [-0.2, -0.15) is 5.10 Å². The lowest BCUT2D eigenvalue weighted by atomic mass is 10.2. The van der Waals surface area contributed by atoms with E-state index in [4.69, 9.17) is 0 Å². The number of rotatable bonds is 6. The molecule has 6 nitrogen and oxygen atoms in total. The van der Waals surface area contributed by atoms with E-state index in [0.29, 0.717) is 5.39 Å². The molecule has 23 heavy (non-hydrogen) atoms. The summed E-state index contributed by atoms with van der Waals surface area (Å²) < 4.78 is 3.51. The first-order chi connectivity index (χ1) is 11.2. The highest BCUT2D eigenvalue weighted by atomic mass is 32.1. The number of nitrogens with zero attached hydrogens (tertiary/aromatic N) is 5. The van der Waals surface area contributed by atoms with Crippen molar-refractivity contribution in [2.45, 2.75) is 52.6 Å². The Morgan fingerprint density at radius 3 is 2.83 bits per heavy atom. The fraction of sp³-hybridized carbons (Fsp3) is 0.500. The van der Waals surface area contributed by atoms with Crippen LogP contribution >= 0.6 is 11.3 Å². The molecule has 7 heteroatoms.